The molecule has 5 saturated carbocycles. The molecular formula is C38H60O6. The maximum atomic E-state index is 14.3. The van der Waals surface area contributed by atoms with Gasteiger partial charge in [0, 0.05) is 12.3 Å². The minimum atomic E-state index is -0.623. The van der Waals surface area contributed by atoms with Crippen molar-refractivity contribution in [1.82, 2.24) is 0 Å². The number of hydrogen-bond donors (Lipinski definition) is 0. The minimum Gasteiger partial charge on any atom is -0.462 e. The van der Waals surface area contributed by atoms with E-state index >= 15 is 0 Å². The van der Waals surface area contributed by atoms with Crippen molar-refractivity contribution >= 4 is 11.9 Å². The summed E-state index contributed by atoms with van der Waals surface area (Å²) in [5.41, 5.74) is 1.33. The number of hydrogen-bond acceptors (Lipinski definition) is 6. The van der Waals surface area contributed by atoms with Gasteiger partial charge in [0.2, 0.25) is 0 Å². The van der Waals surface area contributed by atoms with Gasteiger partial charge in [-0.2, -0.15) is 0 Å². The molecule has 6 aliphatic rings. The van der Waals surface area contributed by atoms with E-state index in [9.17, 15) is 9.59 Å². The molecule has 0 aromatic carbocycles. The summed E-state index contributed by atoms with van der Waals surface area (Å²) in [6, 6.07) is 0. The second-order valence-corrected chi connectivity index (χ2v) is 17.8. The molecule has 6 fully saturated rings. The zero-order valence-electron chi connectivity index (χ0n) is 29.2. The van der Waals surface area contributed by atoms with Crippen LogP contribution in [-0.4, -0.2) is 43.1 Å². The Kier molecular flexibility index (Phi) is 7.81. The summed E-state index contributed by atoms with van der Waals surface area (Å²) in [5.74, 6) is 1.50. The fourth-order valence-electron chi connectivity index (χ4n) is 13.0. The molecule has 0 N–H and O–H groups in total. The molecule has 5 aliphatic carbocycles. The normalized spacial score (nSPS) is 48.7. The van der Waals surface area contributed by atoms with Crippen molar-refractivity contribution < 1.29 is 28.5 Å². The lowest BCUT2D eigenvalue weighted by Gasteiger charge is -2.72. The third kappa shape index (κ3) is 4.60. The number of carbonyl (C=O) groups excluding carboxylic acids is 2. The molecule has 1 heterocycles. The first-order chi connectivity index (χ1) is 20.4. The van der Waals surface area contributed by atoms with Crippen LogP contribution in [0.3, 0.4) is 0 Å². The van der Waals surface area contributed by atoms with Gasteiger partial charge in [-0.25, -0.2) is 0 Å². The van der Waals surface area contributed by atoms with Crippen LogP contribution in [0.4, 0.5) is 0 Å². The van der Waals surface area contributed by atoms with Gasteiger partial charge in [0.1, 0.15) is 18.8 Å². The average molecular weight is 613 g/mol. The van der Waals surface area contributed by atoms with Crippen molar-refractivity contribution in [3.05, 3.63) is 12.2 Å². The van der Waals surface area contributed by atoms with Gasteiger partial charge >= 0.3 is 11.9 Å². The number of esters is 2. The summed E-state index contributed by atoms with van der Waals surface area (Å²) in [5, 5.41) is 0. The number of carbonyl (C=O) groups is 2. The van der Waals surface area contributed by atoms with Gasteiger partial charge in [0.05, 0.1) is 12.0 Å². The summed E-state index contributed by atoms with van der Waals surface area (Å²) >= 11 is 0. The zero-order chi connectivity index (χ0) is 32.1. The predicted molar refractivity (Wildman–Crippen MR) is 170 cm³/mol. The Labute approximate surface area is 266 Å². The number of rotatable bonds is 5. The second kappa shape index (κ2) is 10.6. The summed E-state index contributed by atoms with van der Waals surface area (Å²) in [7, 11) is 0. The molecule has 1 aliphatic heterocycles. The van der Waals surface area contributed by atoms with E-state index in [0.29, 0.717) is 30.3 Å². The number of allylic oxidation sites excluding steroid dienone is 1. The molecule has 0 spiro atoms. The quantitative estimate of drug-likeness (QED) is 0.230. The molecule has 0 aromatic rings. The molecule has 6 heteroatoms. The van der Waals surface area contributed by atoms with E-state index in [2.05, 4.69) is 48.1 Å². The van der Waals surface area contributed by atoms with Gasteiger partial charge in [0.15, 0.2) is 5.79 Å². The standard InChI is InChI=1S/C38H60O6/c1-23(2)26-13-18-38(32(40)41-21-25-22-42-34(6,7)44-25)20-19-36(9)27(31(26)38)11-12-29-35(8)16-15-30(43-24(3)39)33(4,5)28(35)14-17-37(29,36)10/h25-31H,1,11-22H2,2-10H3/t25-,26-,27+,28-,29+,30-,31+,35-,36+,37+,38-/m0/s1. The highest BCUT2D eigenvalue weighted by molar-refractivity contribution is 5.78. The highest BCUT2D eigenvalue weighted by Gasteiger charge is 2.72. The second-order valence-electron chi connectivity index (χ2n) is 17.8. The van der Waals surface area contributed by atoms with E-state index in [1.165, 1.54) is 31.3 Å². The van der Waals surface area contributed by atoms with E-state index in [0.717, 1.165) is 38.5 Å². The van der Waals surface area contributed by atoms with Crippen LogP contribution in [0.5, 0.6) is 0 Å². The summed E-state index contributed by atoms with van der Waals surface area (Å²) in [6.07, 6.45) is 10.6. The molecule has 44 heavy (non-hydrogen) atoms. The predicted octanol–water partition coefficient (Wildman–Crippen LogP) is 8.27. The Morgan fingerprint density at radius 2 is 1.55 bits per heavy atom. The largest absolute Gasteiger partial charge is 0.462 e. The van der Waals surface area contributed by atoms with Crippen molar-refractivity contribution in [2.24, 2.45) is 56.7 Å². The fourth-order valence-corrected chi connectivity index (χ4v) is 13.0. The van der Waals surface area contributed by atoms with Gasteiger partial charge in [-0.1, -0.05) is 46.8 Å². The molecule has 0 bridgehead atoms. The van der Waals surface area contributed by atoms with Crippen molar-refractivity contribution in [3.8, 4) is 0 Å². The Morgan fingerprint density at radius 1 is 0.818 bits per heavy atom. The van der Waals surface area contributed by atoms with Crippen molar-refractivity contribution in [1.29, 1.82) is 0 Å². The third-order valence-electron chi connectivity index (χ3n) is 15.2. The number of fused-ring (bicyclic) bond motifs is 7. The van der Waals surface area contributed by atoms with Crippen molar-refractivity contribution in [2.45, 2.75) is 145 Å². The highest BCUT2D eigenvalue weighted by atomic mass is 16.7. The molecule has 11 atom stereocenters. The van der Waals surface area contributed by atoms with E-state index in [1.54, 1.807) is 6.92 Å². The molecule has 0 amide bonds. The van der Waals surface area contributed by atoms with Crippen LogP contribution in [0.1, 0.15) is 127 Å². The number of ether oxygens (including phenoxy) is 4. The molecule has 0 unspecified atom stereocenters. The smallest absolute Gasteiger partial charge is 0.312 e. The summed E-state index contributed by atoms with van der Waals surface area (Å²) < 4.78 is 23.8. The maximum Gasteiger partial charge on any atom is 0.312 e. The van der Waals surface area contributed by atoms with Crippen molar-refractivity contribution in [3.63, 3.8) is 0 Å². The van der Waals surface area contributed by atoms with Crippen LogP contribution in [0, 0.1) is 56.7 Å². The molecular weight excluding hydrogens is 552 g/mol. The van der Waals surface area contributed by atoms with Crippen LogP contribution < -0.4 is 0 Å². The molecule has 0 aromatic heterocycles. The third-order valence-corrected chi connectivity index (χ3v) is 15.2. The van der Waals surface area contributed by atoms with Gasteiger partial charge < -0.3 is 18.9 Å². The van der Waals surface area contributed by atoms with Gasteiger partial charge in [-0.05, 0) is 131 Å². The van der Waals surface area contributed by atoms with Gasteiger partial charge in [-0.3, -0.25) is 9.59 Å². The minimum absolute atomic E-state index is 0.00209. The zero-order valence-corrected chi connectivity index (χ0v) is 29.2. The van der Waals surface area contributed by atoms with Crippen LogP contribution in [0.2, 0.25) is 0 Å². The average Bonchev–Trinajstić information content (AvgIpc) is 3.49. The summed E-state index contributed by atoms with van der Waals surface area (Å²) in [6.45, 7) is 25.3. The van der Waals surface area contributed by atoms with Crippen LogP contribution in [0.25, 0.3) is 0 Å². The molecule has 6 nitrogen and oxygen atoms in total. The SMILES string of the molecule is C=C(C)[C@@H]1CC[C@]2(C(=O)OC[C@H]3COC(C)(C)O3)CC[C@]3(C)[C@H](CC[C@@H]4[C@@]5(C)CC[C@H](OC(C)=O)C(C)(C)[C@@H]5CC[C@]43C)[C@@H]12. The lowest BCUT2D eigenvalue weighted by molar-refractivity contribution is -0.251. The molecule has 1 saturated heterocycles. The lowest BCUT2D eigenvalue weighted by Crippen LogP contribution is -2.67. The van der Waals surface area contributed by atoms with Gasteiger partial charge in [-0.15, -0.1) is 0 Å². The first-order valence-corrected chi connectivity index (χ1v) is 17.7. The summed E-state index contributed by atoms with van der Waals surface area (Å²) in [4.78, 5) is 26.3. The van der Waals surface area contributed by atoms with Gasteiger partial charge in [0.25, 0.3) is 0 Å². The Balaban J connectivity index is 1.28. The molecule has 6 rings (SSSR count). The molecule has 0 radical (unpaired) electrons. The van der Waals surface area contributed by atoms with Crippen molar-refractivity contribution in [2.75, 3.05) is 13.2 Å². The Morgan fingerprint density at radius 3 is 2.18 bits per heavy atom. The first kappa shape index (κ1) is 32.5. The topological polar surface area (TPSA) is 71.1 Å². The van der Waals surface area contributed by atoms with E-state index in [1.807, 2.05) is 13.8 Å². The maximum absolute atomic E-state index is 14.3. The lowest BCUT2D eigenvalue weighted by atomic mass is 9.32. The Hall–Kier alpha value is -1.40. The fraction of sp³-hybridized carbons (Fsp3) is 0.895. The molecule has 248 valence electrons. The Bertz CT molecular complexity index is 1190. The van der Waals surface area contributed by atoms with Crippen LogP contribution in [-0.2, 0) is 28.5 Å². The van der Waals surface area contributed by atoms with E-state index < -0.39 is 11.2 Å². The monoisotopic (exact) mass is 612 g/mol. The van der Waals surface area contributed by atoms with E-state index in [4.69, 9.17) is 18.9 Å². The first-order valence-electron chi connectivity index (χ1n) is 17.7. The van der Waals surface area contributed by atoms with E-state index in [-0.39, 0.29) is 58.3 Å². The van der Waals surface area contributed by atoms with Crippen LogP contribution >= 0.6 is 0 Å². The highest BCUT2D eigenvalue weighted by Crippen LogP contribution is 2.77. The van der Waals surface area contributed by atoms with Crippen LogP contribution in [0.15, 0.2) is 12.2 Å².